The minimum absolute atomic E-state index is 0.712. The van der Waals surface area contributed by atoms with E-state index in [0.29, 0.717) is 5.92 Å². The van der Waals surface area contributed by atoms with Gasteiger partial charge in [0.2, 0.25) is 0 Å². The van der Waals surface area contributed by atoms with Crippen molar-refractivity contribution in [3.63, 3.8) is 0 Å². The number of rotatable bonds is 2. The van der Waals surface area contributed by atoms with Crippen LogP contribution in [-0.2, 0) is 0 Å². The summed E-state index contributed by atoms with van der Waals surface area (Å²) in [4.78, 5) is 5.58. The molecule has 18 heavy (non-hydrogen) atoms. The van der Waals surface area contributed by atoms with Crippen LogP contribution in [-0.4, -0.2) is 4.98 Å². The van der Waals surface area contributed by atoms with Crippen molar-refractivity contribution >= 4 is 16.3 Å². The van der Waals surface area contributed by atoms with Crippen molar-refractivity contribution in [1.29, 1.82) is 0 Å². The Bertz CT molecular complexity index is 513. The molecule has 0 aliphatic heterocycles. The van der Waals surface area contributed by atoms with Crippen LogP contribution in [0, 0.1) is 0 Å². The quantitative estimate of drug-likeness (QED) is 0.865. The van der Waals surface area contributed by atoms with Gasteiger partial charge in [-0.3, -0.25) is 4.98 Å². The van der Waals surface area contributed by atoms with Crippen LogP contribution in [0.25, 0.3) is 11.1 Å². The van der Waals surface area contributed by atoms with Crippen molar-refractivity contribution in [3.05, 3.63) is 35.5 Å². The van der Waals surface area contributed by atoms with Crippen LogP contribution < -0.4 is 5.73 Å². The van der Waals surface area contributed by atoms with Crippen molar-refractivity contribution in [2.45, 2.75) is 38.0 Å². The monoisotopic (exact) mass is 258 g/mol. The summed E-state index contributed by atoms with van der Waals surface area (Å²) in [5.74, 6) is 0.712. The Hall–Kier alpha value is -1.35. The minimum Gasteiger partial charge on any atom is -0.391 e. The van der Waals surface area contributed by atoms with E-state index in [1.807, 2.05) is 12.4 Å². The third-order valence-electron chi connectivity index (χ3n) is 3.75. The second-order valence-electron chi connectivity index (χ2n) is 5.00. The van der Waals surface area contributed by atoms with Gasteiger partial charge in [-0.15, -0.1) is 11.3 Å². The Morgan fingerprint density at radius 2 is 1.83 bits per heavy atom. The van der Waals surface area contributed by atoms with Gasteiger partial charge in [0.15, 0.2) is 0 Å². The van der Waals surface area contributed by atoms with E-state index in [9.17, 15) is 0 Å². The first kappa shape index (κ1) is 11.7. The zero-order valence-electron chi connectivity index (χ0n) is 10.4. The molecule has 1 aliphatic rings. The summed E-state index contributed by atoms with van der Waals surface area (Å²) in [7, 11) is 0. The summed E-state index contributed by atoms with van der Waals surface area (Å²) in [6.45, 7) is 0. The lowest BCUT2D eigenvalue weighted by molar-refractivity contribution is 0.449. The van der Waals surface area contributed by atoms with E-state index in [0.717, 1.165) is 5.00 Å². The summed E-state index contributed by atoms with van der Waals surface area (Å²) < 4.78 is 0. The fraction of sp³-hybridized carbons (Fsp3) is 0.400. The molecule has 0 bridgehead atoms. The van der Waals surface area contributed by atoms with Crippen molar-refractivity contribution < 1.29 is 0 Å². The molecule has 3 heteroatoms. The van der Waals surface area contributed by atoms with Crippen molar-refractivity contribution in [1.82, 2.24) is 4.98 Å². The zero-order chi connectivity index (χ0) is 12.4. The first-order valence-electron chi connectivity index (χ1n) is 6.64. The third kappa shape index (κ3) is 2.27. The maximum atomic E-state index is 6.03. The van der Waals surface area contributed by atoms with Crippen molar-refractivity contribution in [2.75, 3.05) is 5.73 Å². The second-order valence-corrected chi connectivity index (χ2v) is 6.11. The predicted octanol–water partition coefficient (Wildman–Crippen LogP) is 4.44. The molecule has 0 spiro atoms. The largest absolute Gasteiger partial charge is 0.391 e. The lowest BCUT2D eigenvalue weighted by Gasteiger charge is -2.21. The van der Waals surface area contributed by atoms with Gasteiger partial charge in [0.1, 0.15) is 0 Å². The van der Waals surface area contributed by atoms with Gasteiger partial charge in [-0.05, 0) is 48.1 Å². The maximum absolute atomic E-state index is 6.03. The van der Waals surface area contributed by atoms with Crippen LogP contribution in [0.3, 0.4) is 0 Å². The third-order valence-corrected chi connectivity index (χ3v) is 4.87. The normalized spacial score (nSPS) is 16.9. The average Bonchev–Trinajstić information content (AvgIpc) is 2.83. The van der Waals surface area contributed by atoms with Crippen LogP contribution in [0.4, 0.5) is 5.00 Å². The van der Waals surface area contributed by atoms with Gasteiger partial charge in [0.05, 0.1) is 5.00 Å². The van der Waals surface area contributed by atoms with E-state index in [-0.39, 0.29) is 0 Å². The molecule has 2 aromatic rings. The molecule has 0 amide bonds. The Morgan fingerprint density at radius 3 is 2.56 bits per heavy atom. The van der Waals surface area contributed by atoms with Crippen LogP contribution in [0.5, 0.6) is 0 Å². The van der Waals surface area contributed by atoms with E-state index in [1.54, 1.807) is 11.3 Å². The summed E-state index contributed by atoms with van der Waals surface area (Å²) in [5, 5.41) is 0.933. The lowest BCUT2D eigenvalue weighted by atomic mass is 9.86. The van der Waals surface area contributed by atoms with Gasteiger partial charge in [0, 0.05) is 17.3 Å². The first-order chi connectivity index (χ1) is 8.84. The predicted molar refractivity (Wildman–Crippen MR) is 77.8 cm³/mol. The first-order valence-corrected chi connectivity index (χ1v) is 7.46. The number of pyridine rings is 1. The molecule has 2 aromatic heterocycles. The molecule has 2 nitrogen and oxygen atoms in total. The number of nitrogen functional groups attached to an aromatic ring is 1. The van der Waals surface area contributed by atoms with Gasteiger partial charge in [0.25, 0.3) is 0 Å². The SMILES string of the molecule is Nc1cc(-c2ccncc2)c(C2CCCCC2)s1. The molecular formula is C15H18N2S. The molecule has 0 atom stereocenters. The highest BCUT2D eigenvalue weighted by atomic mass is 32.1. The molecule has 0 unspecified atom stereocenters. The van der Waals surface area contributed by atoms with E-state index in [1.165, 1.54) is 48.1 Å². The highest BCUT2D eigenvalue weighted by Gasteiger charge is 2.21. The topological polar surface area (TPSA) is 38.9 Å². The van der Waals surface area contributed by atoms with Crippen LogP contribution in [0.2, 0.25) is 0 Å². The number of nitrogens with zero attached hydrogens (tertiary/aromatic N) is 1. The Morgan fingerprint density at radius 1 is 1.11 bits per heavy atom. The smallest absolute Gasteiger partial charge is 0.0865 e. The standard InChI is InChI=1S/C15H18N2S/c16-14-10-13(11-6-8-17-9-7-11)15(18-14)12-4-2-1-3-5-12/h6-10,12H,1-5,16H2. The molecule has 0 radical (unpaired) electrons. The Balaban J connectivity index is 1.99. The van der Waals surface area contributed by atoms with Gasteiger partial charge >= 0.3 is 0 Å². The van der Waals surface area contributed by atoms with E-state index in [4.69, 9.17) is 5.73 Å². The fourth-order valence-corrected chi connectivity index (χ4v) is 3.97. The summed E-state index contributed by atoms with van der Waals surface area (Å²) in [6.07, 6.45) is 10.5. The van der Waals surface area contributed by atoms with Crippen LogP contribution in [0.15, 0.2) is 30.6 Å². The summed E-state index contributed by atoms with van der Waals surface area (Å²) >= 11 is 1.77. The summed E-state index contributed by atoms with van der Waals surface area (Å²) in [5.41, 5.74) is 8.60. The van der Waals surface area contributed by atoms with Gasteiger partial charge in [-0.1, -0.05) is 19.3 Å². The van der Waals surface area contributed by atoms with Gasteiger partial charge < -0.3 is 5.73 Å². The highest BCUT2D eigenvalue weighted by molar-refractivity contribution is 7.16. The fourth-order valence-electron chi connectivity index (χ4n) is 2.85. The zero-order valence-corrected chi connectivity index (χ0v) is 11.2. The molecule has 94 valence electrons. The van der Waals surface area contributed by atoms with Crippen LogP contribution >= 0.6 is 11.3 Å². The Labute approximate surface area is 112 Å². The maximum Gasteiger partial charge on any atom is 0.0865 e. The molecule has 1 aliphatic carbocycles. The number of hydrogen-bond acceptors (Lipinski definition) is 3. The van der Waals surface area contributed by atoms with Gasteiger partial charge in [-0.2, -0.15) is 0 Å². The number of nitrogens with two attached hydrogens (primary N) is 1. The molecule has 2 N–H and O–H groups in total. The average molecular weight is 258 g/mol. The summed E-state index contributed by atoms with van der Waals surface area (Å²) in [6, 6.07) is 6.28. The molecule has 1 saturated carbocycles. The van der Waals surface area contributed by atoms with E-state index < -0.39 is 0 Å². The van der Waals surface area contributed by atoms with E-state index in [2.05, 4.69) is 23.2 Å². The number of hydrogen-bond donors (Lipinski definition) is 1. The number of anilines is 1. The van der Waals surface area contributed by atoms with E-state index >= 15 is 0 Å². The minimum atomic E-state index is 0.712. The van der Waals surface area contributed by atoms with Gasteiger partial charge in [-0.25, -0.2) is 0 Å². The molecule has 2 heterocycles. The molecular weight excluding hydrogens is 240 g/mol. The van der Waals surface area contributed by atoms with Crippen LogP contribution in [0.1, 0.15) is 42.9 Å². The van der Waals surface area contributed by atoms with Crippen molar-refractivity contribution in [3.8, 4) is 11.1 Å². The molecule has 0 saturated heterocycles. The molecule has 0 aromatic carbocycles. The number of thiophene rings is 1. The number of aromatic nitrogens is 1. The highest BCUT2D eigenvalue weighted by Crippen LogP contribution is 2.43. The molecule has 1 fully saturated rings. The Kier molecular flexibility index (Phi) is 3.33. The molecule has 3 rings (SSSR count). The second kappa shape index (κ2) is 5.11. The van der Waals surface area contributed by atoms with Crippen molar-refractivity contribution in [2.24, 2.45) is 0 Å². The lowest BCUT2D eigenvalue weighted by Crippen LogP contribution is -2.03.